The van der Waals surface area contributed by atoms with Gasteiger partial charge in [0, 0.05) is 44.1 Å². The van der Waals surface area contributed by atoms with Gasteiger partial charge in [0.15, 0.2) is 0 Å². The quantitative estimate of drug-likeness (QED) is 0.629. The molecule has 152 valence electrons. The van der Waals surface area contributed by atoms with E-state index in [1.54, 1.807) is 7.05 Å². The fraction of sp³-hybridized carbons (Fsp3) is 0.500. The largest absolute Gasteiger partial charge is 0.490 e. The Morgan fingerprint density at radius 1 is 1.28 bits per heavy atom. The molecule has 0 aliphatic heterocycles. The van der Waals surface area contributed by atoms with Gasteiger partial charge in [0.1, 0.15) is 11.5 Å². The van der Waals surface area contributed by atoms with Crippen LogP contribution in [0.2, 0.25) is 0 Å². The second kappa shape index (κ2) is 6.97. The molecule has 29 heavy (non-hydrogen) atoms. The third kappa shape index (κ3) is 3.54. The molecule has 3 aromatic rings. The fourth-order valence-electron chi connectivity index (χ4n) is 4.23. The minimum absolute atomic E-state index is 0.169. The number of hydrogen-bond acceptors (Lipinski definition) is 4. The Labute approximate surface area is 168 Å². The molecule has 0 bridgehead atoms. The molecule has 5 rings (SSSR count). The van der Waals surface area contributed by atoms with Crippen LogP contribution in [0.5, 0.6) is 5.75 Å². The molecule has 0 saturated heterocycles. The predicted molar refractivity (Wildman–Crippen MR) is 107 cm³/mol. The number of nitrogens with zero attached hydrogens (tertiary/aromatic N) is 4. The van der Waals surface area contributed by atoms with E-state index in [9.17, 15) is 9.18 Å². The van der Waals surface area contributed by atoms with Crippen molar-refractivity contribution in [2.75, 3.05) is 0 Å². The minimum Gasteiger partial charge on any atom is -0.490 e. The number of ketones is 1. The second-order valence-corrected chi connectivity index (χ2v) is 8.54. The van der Waals surface area contributed by atoms with Gasteiger partial charge in [-0.15, -0.1) is 0 Å². The Bertz CT molecular complexity index is 1080. The van der Waals surface area contributed by atoms with Crippen LogP contribution >= 0.6 is 0 Å². The zero-order valence-corrected chi connectivity index (χ0v) is 16.8. The van der Waals surface area contributed by atoms with Gasteiger partial charge in [0.05, 0.1) is 23.2 Å². The number of Topliss-reactive ketones (excluding diaryl/α,β-unsaturated/α-hetero) is 1. The average molecular weight is 396 g/mol. The smallest absolute Gasteiger partial charge is 0.222 e. The molecule has 0 amide bonds. The van der Waals surface area contributed by atoms with Crippen molar-refractivity contribution in [1.29, 1.82) is 0 Å². The zero-order chi connectivity index (χ0) is 20.1. The summed E-state index contributed by atoms with van der Waals surface area (Å²) >= 11 is 0. The molecule has 2 atom stereocenters. The SMILES string of the molecule is C[C@@H](Oc1cc(-c2cnn(CC3CC3)c2)cc2nn(C)c(F)c12)[C@H]1CCC(=O)C1. The molecular weight excluding hydrogens is 371 g/mol. The van der Waals surface area contributed by atoms with E-state index in [1.807, 2.05) is 36.1 Å². The van der Waals surface area contributed by atoms with Crippen LogP contribution in [0.15, 0.2) is 24.5 Å². The van der Waals surface area contributed by atoms with Crippen molar-refractivity contribution in [2.45, 2.75) is 51.7 Å². The van der Waals surface area contributed by atoms with Crippen LogP contribution in [0.4, 0.5) is 4.39 Å². The molecule has 7 heteroatoms. The normalized spacial score (nSPS) is 20.5. The van der Waals surface area contributed by atoms with Crippen molar-refractivity contribution in [2.24, 2.45) is 18.9 Å². The summed E-state index contributed by atoms with van der Waals surface area (Å²) in [4.78, 5) is 11.7. The molecule has 2 fully saturated rings. The second-order valence-electron chi connectivity index (χ2n) is 8.54. The number of aromatic nitrogens is 4. The zero-order valence-electron chi connectivity index (χ0n) is 16.8. The highest BCUT2D eigenvalue weighted by molar-refractivity contribution is 5.90. The third-order valence-corrected chi connectivity index (χ3v) is 6.20. The van der Waals surface area contributed by atoms with Crippen molar-refractivity contribution in [1.82, 2.24) is 19.6 Å². The maximum atomic E-state index is 14.7. The predicted octanol–water partition coefficient (Wildman–Crippen LogP) is 4.12. The van der Waals surface area contributed by atoms with Gasteiger partial charge < -0.3 is 4.74 Å². The molecule has 1 aromatic carbocycles. The molecule has 0 unspecified atom stereocenters. The molecule has 6 nitrogen and oxygen atoms in total. The van der Waals surface area contributed by atoms with Gasteiger partial charge in [-0.25, -0.2) is 4.68 Å². The maximum absolute atomic E-state index is 14.7. The van der Waals surface area contributed by atoms with Crippen molar-refractivity contribution >= 4 is 16.7 Å². The number of benzene rings is 1. The highest BCUT2D eigenvalue weighted by Crippen LogP contribution is 2.37. The minimum atomic E-state index is -0.416. The van der Waals surface area contributed by atoms with Crippen LogP contribution in [-0.2, 0) is 18.4 Å². The van der Waals surface area contributed by atoms with E-state index in [-0.39, 0.29) is 17.8 Å². The van der Waals surface area contributed by atoms with Gasteiger partial charge in [-0.2, -0.15) is 14.6 Å². The highest BCUT2D eigenvalue weighted by Gasteiger charge is 2.29. The van der Waals surface area contributed by atoms with Crippen LogP contribution < -0.4 is 4.74 Å². The lowest BCUT2D eigenvalue weighted by Crippen LogP contribution is -2.22. The topological polar surface area (TPSA) is 61.9 Å². The summed E-state index contributed by atoms with van der Waals surface area (Å²) in [5.41, 5.74) is 2.43. The molecule has 2 aliphatic rings. The number of fused-ring (bicyclic) bond motifs is 1. The van der Waals surface area contributed by atoms with E-state index in [2.05, 4.69) is 10.2 Å². The lowest BCUT2D eigenvalue weighted by atomic mass is 10.0. The van der Waals surface area contributed by atoms with Crippen molar-refractivity contribution < 1.29 is 13.9 Å². The lowest BCUT2D eigenvalue weighted by Gasteiger charge is -2.21. The standard InChI is InChI=1S/C22H25FN4O2/c1-13(15-5-6-18(28)7-15)29-20-9-16(8-19-21(20)22(23)26(2)25-19)17-10-24-27(12-17)11-14-3-4-14/h8-10,12-15H,3-7,11H2,1-2H3/t13-,15+/m1/s1. The van der Waals surface area contributed by atoms with E-state index in [1.165, 1.54) is 17.5 Å². The summed E-state index contributed by atoms with van der Waals surface area (Å²) in [5, 5.41) is 9.18. The number of hydrogen-bond donors (Lipinski definition) is 0. The van der Waals surface area contributed by atoms with Crippen LogP contribution in [0.1, 0.15) is 39.0 Å². The van der Waals surface area contributed by atoms with Gasteiger partial charge in [-0.05, 0) is 49.8 Å². The number of ether oxygens (including phenoxy) is 1. The fourth-order valence-corrected chi connectivity index (χ4v) is 4.23. The maximum Gasteiger partial charge on any atom is 0.222 e. The summed E-state index contributed by atoms with van der Waals surface area (Å²) in [6, 6.07) is 3.76. The number of carbonyl (C=O) groups is 1. The third-order valence-electron chi connectivity index (χ3n) is 6.20. The van der Waals surface area contributed by atoms with Gasteiger partial charge in [0.2, 0.25) is 5.95 Å². The first kappa shape index (κ1) is 18.3. The first-order valence-corrected chi connectivity index (χ1v) is 10.4. The number of carbonyl (C=O) groups excluding carboxylic acids is 1. The van der Waals surface area contributed by atoms with E-state index < -0.39 is 5.95 Å². The Morgan fingerprint density at radius 2 is 2.10 bits per heavy atom. The van der Waals surface area contributed by atoms with Crippen molar-refractivity contribution in [3.05, 3.63) is 30.5 Å². The Balaban J connectivity index is 1.50. The van der Waals surface area contributed by atoms with Crippen molar-refractivity contribution in [3.63, 3.8) is 0 Å². The molecule has 2 heterocycles. The van der Waals surface area contributed by atoms with Crippen molar-refractivity contribution in [3.8, 4) is 16.9 Å². The van der Waals surface area contributed by atoms with E-state index in [0.717, 1.165) is 30.0 Å². The summed E-state index contributed by atoms with van der Waals surface area (Å²) in [6.07, 6.45) is 8.21. The van der Waals surface area contributed by atoms with Crippen LogP contribution in [0.3, 0.4) is 0 Å². The lowest BCUT2D eigenvalue weighted by molar-refractivity contribution is -0.117. The molecule has 2 aromatic heterocycles. The Kier molecular flexibility index (Phi) is 4.41. The summed E-state index contributed by atoms with van der Waals surface area (Å²) in [7, 11) is 1.59. The first-order valence-electron chi connectivity index (χ1n) is 10.4. The number of rotatable bonds is 6. The van der Waals surface area contributed by atoms with E-state index in [4.69, 9.17) is 4.74 Å². The molecule has 0 spiro atoms. The summed E-state index contributed by atoms with van der Waals surface area (Å²) in [5.74, 6) is 1.25. The number of aryl methyl sites for hydroxylation is 1. The molecule has 2 aliphatic carbocycles. The average Bonchev–Trinajstić information content (AvgIpc) is 3.07. The molecule has 2 saturated carbocycles. The van der Waals surface area contributed by atoms with E-state index >= 15 is 0 Å². The monoisotopic (exact) mass is 396 g/mol. The first-order chi connectivity index (χ1) is 14.0. The highest BCUT2D eigenvalue weighted by atomic mass is 19.1. The number of halogens is 1. The van der Waals surface area contributed by atoms with Gasteiger partial charge in [-0.1, -0.05) is 0 Å². The summed E-state index contributed by atoms with van der Waals surface area (Å²) in [6.45, 7) is 2.90. The molecule has 0 radical (unpaired) electrons. The molecular formula is C22H25FN4O2. The van der Waals surface area contributed by atoms with Crippen LogP contribution in [0, 0.1) is 17.8 Å². The molecule has 0 N–H and O–H groups in total. The van der Waals surface area contributed by atoms with Gasteiger partial charge >= 0.3 is 0 Å². The Hall–Kier alpha value is -2.70. The van der Waals surface area contributed by atoms with Crippen LogP contribution in [0.25, 0.3) is 22.0 Å². The van der Waals surface area contributed by atoms with E-state index in [0.29, 0.717) is 29.5 Å². The van der Waals surface area contributed by atoms with Gasteiger partial charge in [-0.3, -0.25) is 9.48 Å². The summed E-state index contributed by atoms with van der Waals surface area (Å²) < 4.78 is 24.2. The Morgan fingerprint density at radius 3 is 2.83 bits per heavy atom. The van der Waals surface area contributed by atoms with Crippen LogP contribution in [-0.4, -0.2) is 31.4 Å². The van der Waals surface area contributed by atoms with Gasteiger partial charge in [0.25, 0.3) is 0 Å².